The summed E-state index contributed by atoms with van der Waals surface area (Å²) in [6.07, 6.45) is 0. The van der Waals surface area contributed by atoms with Crippen LogP contribution in [0.1, 0.15) is 35.3 Å². The maximum atomic E-state index is 13.7. The average Bonchev–Trinajstić information content (AvgIpc) is 2.93. The van der Waals surface area contributed by atoms with Gasteiger partial charge < -0.3 is 20.1 Å². The molecule has 3 aromatic carbocycles. The Balaban J connectivity index is 1.77. The van der Waals surface area contributed by atoms with E-state index < -0.39 is 17.2 Å². The highest BCUT2D eigenvalue weighted by Crippen LogP contribution is 2.30. The predicted octanol–water partition coefficient (Wildman–Crippen LogP) is 3.31. The molecule has 4 aromatic rings. The number of ether oxygens (including phenoxy) is 2. The maximum absolute atomic E-state index is 13.7. The minimum absolute atomic E-state index is 0.0133. The molecule has 0 spiro atoms. The zero-order valence-corrected chi connectivity index (χ0v) is 23.1. The zero-order valence-electron chi connectivity index (χ0n) is 23.1. The van der Waals surface area contributed by atoms with Gasteiger partial charge >= 0.3 is 5.69 Å². The van der Waals surface area contributed by atoms with E-state index in [1.807, 2.05) is 32.9 Å². The second-order valence-corrected chi connectivity index (χ2v) is 9.72. The first-order chi connectivity index (χ1) is 19.1. The standard InChI is InChI=1S/C30H32N4O6/c1-18(2)31-28(36)21-10-8-20(9-11-21)16-34-29(37)23-14-25(39-4)26(40-5)15-24(23)33(30(34)38)17-27(35)32-22-12-6-19(3)7-13-22/h6-15,18H,16-17H2,1-5H3,(H,31,36)(H,32,35). The first-order valence-corrected chi connectivity index (χ1v) is 12.8. The normalized spacial score (nSPS) is 10.9. The van der Waals surface area contributed by atoms with Crippen LogP contribution in [0.4, 0.5) is 5.69 Å². The predicted molar refractivity (Wildman–Crippen MR) is 154 cm³/mol. The van der Waals surface area contributed by atoms with Gasteiger partial charge in [0.1, 0.15) is 6.54 Å². The summed E-state index contributed by atoms with van der Waals surface area (Å²) in [7, 11) is 2.90. The number of hydrogen-bond donors (Lipinski definition) is 2. The van der Waals surface area contributed by atoms with E-state index in [9.17, 15) is 19.2 Å². The van der Waals surface area contributed by atoms with Crippen molar-refractivity contribution in [1.82, 2.24) is 14.5 Å². The quantitative estimate of drug-likeness (QED) is 0.334. The van der Waals surface area contributed by atoms with Crippen LogP contribution in [-0.4, -0.2) is 41.2 Å². The second-order valence-electron chi connectivity index (χ2n) is 9.72. The highest BCUT2D eigenvalue weighted by atomic mass is 16.5. The molecule has 0 radical (unpaired) electrons. The van der Waals surface area contributed by atoms with Crippen LogP contribution in [0, 0.1) is 6.92 Å². The van der Waals surface area contributed by atoms with Crippen molar-refractivity contribution in [2.45, 2.75) is 39.9 Å². The summed E-state index contributed by atoms with van der Waals surface area (Å²) in [6.45, 7) is 5.28. The number of methoxy groups -OCH3 is 2. The molecule has 0 aliphatic heterocycles. The van der Waals surface area contributed by atoms with Gasteiger partial charge in [0.2, 0.25) is 5.91 Å². The van der Waals surface area contributed by atoms with Gasteiger partial charge in [0.05, 0.1) is 31.7 Å². The van der Waals surface area contributed by atoms with Crippen molar-refractivity contribution in [2.24, 2.45) is 0 Å². The number of carbonyl (C=O) groups is 2. The Morgan fingerprint density at radius 2 is 1.50 bits per heavy atom. The molecule has 10 heteroatoms. The topological polar surface area (TPSA) is 121 Å². The van der Waals surface area contributed by atoms with E-state index in [-0.39, 0.29) is 35.9 Å². The van der Waals surface area contributed by atoms with Crippen molar-refractivity contribution in [3.8, 4) is 11.5 Å². The number of anilines is 1. The Morgan fingerprint density at radius 3 is 2.10 bits per heavy atom. The molecule has 2 N–H and O–H groups in total. The number of nitrogens with one attached hydrogen (secondary N) is 2. The minimum Gasteiger partial charge on any atom is -0.493 e. The van der Waals surface area contributed by atoms with Gasteiger partial charge in [-0.1, -0.05) is 29.8 Å². The van der Waals surface area contributed by atoms with Crippen molar-refractivity contribution >= 4 is 28.4 Å². The van der Waals surface area contributed by atoms with Crippen molar-refractivity contribution in [2.75, 3.05) is 19.5 Å². The maximum Gasteiger partial charge on any atom is 0.332 e. The number of fused-ring (bicyclic) bond motifs is 1. The average molecular weight is 545 g/mol. The molecule has 0 aliphatic carbocycles. The van der Waals surface area contributed by atoms with E-state index >= 15 is 0 Å². The number of hydrogen-bond acceptors (Lipinski definition) is 6. The molecule has 10 nitrogen and oxygen atoms in total. The molecular weight excluding hydrogens is 512 g/mol. The third kappa shape index (κ3) is 6.06. The molecule has 40 heavy (non-hydrogen) atoms. The van der Waals surface area contributed by atoms with E-state index in [1.54, 1.807) is 36.4 Å². The van der Waals surface area contributed by atoms with Crippen molar-refractivity contribution in [3.63, 3.8) is 0 Å². The van der Waals surface area contributed by atoms with E-state index in [1.165, 1.54) is 30.9 Å². The van der Waals surface area contributed by atoms with Gasteiger partial charge in [0.15, 0.2) is 11.5 Å². The molecule has 2 amide bonds. The Morgan fingerprint density at radius 1 is 0.875 bits per heavy atom. The molecule has 208 valence electrons. The van der Waals surface area contributed by atoms with Crippen LogP contribution in [-0.2, 0) is 17.9 Å². The largest absolute Gasteiger partial charge is 0.493 e. The number of rotatable bonds is 9. The van der Waals surface area contributed by atoms with Gasteiger partial charge in [0.25, 0.3) is 11.5 Å². The van der Waals surface area contributed by atoms with E-state index in [0.29, 0.717) is 28.3 Å². The van der Waals surface area contributed by atoms with Crippen molar-refractivity contribution < 1.29 is 19.1 Å². The fraction of sp³-hybridized carbons (Fsp3) is 0.267. The van der Waals surface area contributed by atoms with Crippen LogP contribution in [0.3, 0.4) is 0 Å². The fourth-order valence-corrected chi connectivity index (χ4v) is 4.31. The molecule has 0 saturated carbocycles. The summed E-state index contributed by atoms with van der Waals surface area (Å²) in [4.78, 5) is 52.6. The summed E-state index contributed by atoms with van der Waals surface area (Å²) in [5.74, 6) is -0.0249. The molecule has 0 saturated heterocycles. The van der Waals surface area contributed by atoms with Gasteiger partial charge in [-0.3, -0.25) is 23.5 Å². The van der Waals surface area contributed by atoms with E-state index in [4.69, 9.17) is 9.47 Å². The van der Waals surface area contributed by atoms with Crippen molar-refractivity contribution in [1.29, 1.82) is 0 Å². The molecule has 0 unspecified atom stereocenters. The number of amides is 2. The molecule has 0 bridgehead atoms. The molecule has 4 rings (SSSR count). The molecule has 0 aliphatic rings. The van der Waals surface area contributed by atoms with E-state index in [0.717, 1.165) is 10.1 Å². The molecule has 1 aromatic heterocycles. The first-order valence-electron chi connectivity index (χ1n) is 12.8. The van der Waals surface area contributed by atoms with Crippen molar-refractivity contribution in [3.05, 3.63) is 98.2 Å². The molecule has 1 heterocycles. The summed E-state index contributed by atoms with van der Waals surface area (Å²) in [5.41, 5.74) is 1.76. The first kappa shape index (κ1) is 28.2. The lowest BCUT2D eigenvalue weighted by Crippen LogP contribution is -2.42. The highest BCUT2D eigenvalue weighted by Gasteiger charge is 2.19. The monoisotopic (exact) mass is 544 g/mol. The number of aromatic nitrogens is 2. The molecule has 0 fully saturated rings. The summed E-state index contributed by atoms with van der Waals surface area (Å²) < 4.78 is 13.1. The molecular formula is C30H32N4O6. The Kier molecular flexibility index (Phi) is 8.37. The van der Waals surface area contributed by atoms with E-state index in [2.05, 4.69) is 10.6 Å². The van der Waals surface area contributed by atoms with Gasteiger partial charge in [-0.05, 0) is 56.7 Å². The van der Waals surface area contributed by atoms with Gasteiger partial charge in [-0.25, -0.2) is 4.79 Å². The second kappa shape index (κ2) is 11.9. The van der Waals surface area contributed by atoms with Crippen LogP contribution in [0.2, 0.25) is 0 Å². The van der Waals surface area contributed by atoms with Crippen LogP contribution in [0.15, 0.2) is 70.3 Å². The lowest BCUT2D eigenvalue weighted by molar-refractivity contribution is -0.116. The Hall–Kier alpha value is -4.86. The highest BCUT2D eigenvalue weighted by molar-refractivity contribution is 5.94. The number of nitrogens with zero attached hydrogens (tertiary/aromatic N) is 2. The van der Waals surface area contributed by atoms with Crippen LogP contribution < -0.4 is 31.4 Å². The third-order valence-electron chi connectivity index (χ3n) is 6.34. The SMILES string of the molecule is COc1cc2c(=O)n(Cc3ccc(C(=O)NC(C)C)cc3)c(=O)n(CC(=O)Nc3ccc(C)cc3)c2cc1OC. The summed E-state index contributed by atoms with van der Waals surface area (Å²) in [5, 5.41) is 5.81. The lowest BCUT2D eigenvalue weighted by atomic mass is 10.1. The lowest BCUT2D eigenvalue weighted by Gasteiger charge is -2.16. The Labute approximate surface area is 231 Å². The fourth-order valence-electron chi connectivity index (χ4n) is 4.31. The van der Waals surface area contributed by atoms with Gasteiger partial charge in [-0.2, -0.15) is 0 Å². The smallest absolute Gasteiger partial charge is 0.332 e. The minimum atomic E-state index is -0.662. The van der Waals surface area contributed by atoms with Crippen LogP contribution in [0.5, 0.6) is 11.5 Å². The van der Waals surface area contributed by atoms with Crippen LogP contribution >= 0.6 is 0 Å². The van der Waals surface area contributed by atoms with Gasteiger partial charge in [-0.15, -0.1) is 0 Å². The Bertz CT molecular complexity index is 1670. The van der Waals surface area contributed by atoms with Crippen LogP contribution in [0.25, 0.3) is 10.9 Å². The molecule has 0 atom stereocenters. The number of aryl methyl sites for hydroxylation is 1. The third-order valence-corrected chi connectivity index (χ3v) is 6.34. The summed E-state index contributed by atoms with van der Waals surface area (Å²) >= 11 is 0. The number of benzene rings is 3. The summed E-state index contributed by atoms with van der Waals surface area (Å²) in [6, 6.07) is 16.9. The van der Waals surface area contributed by atoms with Gasteiger partial charge in [0, 0.05) is 23.4 Å². The number of carbonyl (C=O) groups excluding carboxylic acids is 2. The zero-order chi connectivity index (χ0) is 29.0.